The van der Waals surface area contributed by atoms with Crippen LogP contribution in [0.15, 0.2) is 16.9 Å². The molecule has 1 aliphatic rings. The van der Waals surface area contributed by atoms with Gasteiger partial charge in [-0.2, -0.15) is 5.10 Å². The van der Waals surface area contributed by atoms with Crippen LogP contribution in [0.3, 0.4) is 0 Å². The third-order valence-corrected chi connectivity index (χ3v) is 3.88. The van der Waals surface area contributed by atoms with Crippen molar-refractivity contribution in [2.24, 2.45) is 11.7 Å². The van der Waals surface area contributed by atoms with Gasteiger partial charge < -0.3 is 10.6 Å². The number of rotatable bonds is 3. The number of aromatic nitrogens is 2. The van der Waals surface area contributed by atoms with Crippen LogP contribution in [-0.4, -0.2) is 39.7 Å². The molecule has 1 aliphatic heterocycles. The second-order valence-corrected chi connectivity index (χ2v) is 5.88. The van der Waals surface area contributed by atoms with E-state index in [1.54, 1.807) is 10.9 Å². The van der Waals surface area contributed by atoms with E-state index in [4.69, 9.17) is 5.73 Å². The van der Waals surface area contributed by atoms with Crippen molar-refractivity contribution >= 4 is 34.2 Å². The van der Waals surface area contributed by atoms with Crippen LogP contribution in [0, 0.1) is 5.92 Å². The van der Waals surface area contributed by atoms with Crippen LogP contribution in [0.5, 0.6) is 0 Å². The van der Waals surface area contributed by atoms with E-state index in [1.165, 1.54) is 0 Å². The predicted molar refractivity (Wildman–Crippen MR) is 80.1 cm³/mol. The Balaban J connectivity index is 0.00000180. The van der Waals surface area contributed by atoms with E-state index >= 15 is 0 Å². The van der Waals surface area contributed by atoms with Crippen molar-refractivity contribution in [3.8, 4) is 0 Å². The molecule has 0 aromatic carbocycles. The van der Waals surface area contributed by atoms with E-state index in [9.17, 15) is 4.79 Å². The standard InChI is InChI=1S/C12H19BrN4O.ClH/c1-9-2-3-17(11(4-9)5-14)12(18)8-16-7-10(13)6-15-16;/h6-7,9,11H,2-5,8,14H2,1H3;1H. The van der Waals surface area contributed by atoms with Gasteiger partial charge >= 0.3 is 0 Å². The molecule has 19 heavy (non-hydrogen) atoms. The van der Waals surface area contributed by atoms with Crippen molar-refractivity contribution in [2.45, 2.75) is 32.4 Å². The molecule has 0 bridgehead atoms. The summed E-state index contributed by atoms with van der Waals surface area (Å²) in [7, 11) is 0. The molecule has 1 amide bonds. The van der Waals surface area contributed by atoms with E-state index in [0.717, 1.165) is 23.9 Å². The van der Waals surface area contributed by atoms with Gasteiger partial charge in [0, 0.05) is 25.3 Å². The summed E-state index contributed by atoms with van der Waals surface area (Å²) in [5, 5.41) is 4.11. The van der Waals surface area contributed by atoms with Crippen LogP contribution in [0.25, 0.3) is 0 Å². The number of hydrogen-bond donors (Lipinski definition) is 1. The number of hydrogen-bond acceptors (Lipinski definition) is 3. The Kier molecular flexibility index (Phi) is 6.29. The van der Waals surface area contributed by atoms with E-state index in [2.05, 4.69) is 28.0 Å². The summed E-state index contributed by atoms with van der Waals surface area (Å²) in [6, 6.07) is 0.181. The molecule has 0 aliphatic carbocycles. The highest BCUT2D eigenvalue weighted by atomic mass is 79.9. The van der Waals surface area contributed by atoms with E-state index in [-0.39, 0.29) is 30.9 Å². The summed E-state index contributed by atoms with van der Waals surface area (Å²) in [5.41, 5.74) is 5.77. The van der Waals surface area contributed by atoms with Crippen molar-refractivity contribution in [2.75, 3.05) is 13.1 Å². The normalized spacial score (nSPS) is 23.0. The molecule has 7 heteroatoms. The summed E-state index contributed by atoms with van der Waals surface area (Å²) >= 11 is 3.32. The Hall–Kier alpha value is -0.590. The molecule has 108 valence electrons. The van der Waals surface area contributed by atoms with Gasteiger partial charge in [-0.25, -0.2) is 0 Å². The molecule has 2 unspecified atom stereocenters. The Bertz CT molecular complexity index is 426. The van der Waals surface area contributed by atoms with Crippen molar-refractivity contribution in [1.29, 1.82) is 0 Å². The summed E-state index contributed by atoms with van der Waals surface area (Å²) in [4.78, 5) is 14.2. The first-order chi connectivity index (χ1) is 8.60. The zero-order chi connectivity index (χ0) is 13.1. The van der Waals surface area contributed by atoms with Crippen LogP contribution >= 0.6 is 28.3 Å². The van der Waals surface area contributed by atoms with Crippen LogP contribution in [-0.2, 0) is 11.3 Å². The molecule has 1 saturated heterocycles. The van der Waals surface area contributed by atoms with Gasteiger partial charge in [0.2, 0.25) is 5.91 Å². The topological polar surface area (TPSA) is 64.2 Å². The fraction of sp³-hybridized carbons (Fsp3) is 0.667. The zero-order valence-electron chi connectivity index (χ0n) is 11.0. The fourth-order valence-corrected chi connectivity index (χ4v) is 2.79. The smallest absolute Gasteiger partial charge is 0.244 e. The minimum atomic E-state index is 0. The maximum Gasteiger partial charge on any atom is 0.244 e. The molecular formula is C12H20BrClN4O. The highest BCUT2D eigenvalue weighted by Gasteiger charge is 2.28. The number of amides is 1. The van der Waals surface area contributed by atoms with Crippen molar-refractivity contribution in [3.63, 3.8) is 0 Å². The molecule has 2 N–H and O–H groups in total. The summed E-state index contributed by atoms with van der Waals surface area (Å²) in [6.45, 7) is 3.86. The van der Waals surface area contributed by atoms with Gasteiger partial charge in [0.1, 0.15) is 6.54 Å². The van der Waals surface area contributed by atoms with Gasteiger partial charge in [-0.05, 0) is 34.7 Å². The third-order valence-electron chi connectivity index (χ3n) is 3.47. The average molecular weight is 352 g/mol. The lowest BCUT2D eigenvalue weighted by atomic mass is 9.92. The van der Waals surface area contributed by atoms with Gasteiger partial charge in [0.15, 0.2) is 0 Å². The highest BCUT2D eigenvalue weighted by molar-refractivity contribution is 9.10. The van der Waals surface area contributed by atoms with Crippen molar-refractivity contribution in [3.05, 3.63) is 16.9 Å². The zero-order valence-corrected chi connectivity index (χ0v) is 13.4. The number of carbonyl (C=O) groups is 1. The van der Waals surface area contributed by atoms with Crippen molar-refractivity contribution in [1.82, 2.24) is 14.7 Å². The number of nitrogens with zero attached hydrogens (tertiary/aromatic N) is 3. The molecule has 0 radical (unpaired) electrons. The number of halogens is 2. The van der Waals surface area contributed by atoms with Gasteiger partial charge in [-0.3, -0.25) is 9.48 Å². The average Bonchev–Trinajstić information content (AvgIpc) is 2.74. The van der Waals surface area contributed by atoms with Crippen LogP contribution < -0.4 is 5.73 Å². The van der Waals surface area contributed by atoms with Crippen LogP contribution in [0.1, 0.15) is 19.8 Å². The monoisotopic (exact) mass is 350 g/mol. The summed E-state index contributed by atoms with van der Waals surface area (Å²) in [6.07, 6.45) is 5.56. The summed E-state index contributed by atoms with van der Waals surface area (Å²) in [5.74, 6) is 0.759. The van der Waals surface area contributed by atoms with E-state index in [0.29, 0.717) is 12.5 Å². The van der Waals surface area contributed by atoms with Gasteiger partial charge in [-0.1, -0.05) is 6.92 Å². The summed E-state index contributed by atoms with van der Waals surface area (Å²) < 4.78 is 2.54. The number of nitrogens with two attached hydrogens (primary N) is 1. The number of carbonyl (C=O) groups excluding carboxylic acids is 1. The molecule has 1 aromatic heterocycles. The highest BCUT2D eigenvalue weighted by Crippen LogP contribution is 2.22. The SMILES string of the molecule is CC1CCN(C(=O)Cn2cc(Br)cn2)C(CN)C1.Cl. The molecule has 0 saturated carbocycles. The van der Waals surface area contributed by atoms with Gasteiger partial charge in [0.05, 0.1) is 10.7 Å². The van der Waals surface area contributed by atoms with Crippen LogP contribution in [0.2, 0.25) is 0 Å². The van der Waals surface area contributed by atoms with E-state index in [1.807, 2.05) is 11.1 Å². The predicted octanol–water partition coefficient (Wildman–Crippen LogP) is 1.65. The lowest BCUT2D eigenvalue weighted by Crippen LogP contribution is -2.50. The van der Waals surface area contributed by atoms with E-state index < -0.39 is 0 Å². The minimum absolute atomic E-state index is 0. The third kappa shape index (κ3) is 4.19. The molecule has 2 heterocycles. The van der Waals surface area contributed by atoms with Crippen LogP contribution in [0.4, 0.5) is 0 Å². The maximum atomic E-state index is 12.2. The molecule has 1 aromatic rings. The molecule has 5 nitrogen and oxygen atoms in total. The second kappa shape index (κ2) is 7.26. The first-order valence-electron chi connectivity index (χ1n) is 6.27. The number of likely N-dealkylation sites (tertiary alicyclic amines) is 1. The lowest BCUT2D eigenvalue weighted by Gasteiger charge is -2.38. The quantitative estimate of drug-likeness (QED) is 0.900. The first-order valence-corrected chi connectivity index (χ1v) is 7.07. The molecule has 2 atom stereocenters. The Morgan fingerprint density at radius 1 is 1.63 bits per heavy atom. The Morgan fingerprint density at radius 2 is 2.37 bits per heavy atom. The largest absolute Gasteiger partial charge is 0.337 e. The molecule has 0 spiro atoms. The Morgan fingerprint density at radius 3 is 2.95 bits per heavy atom. The van der Waals surface area contributed by atoms with Gasteiger partial charge in [-0.15, -0.1) is 12.4 Å². The second-order valence-electron chi connectivity index (χ2n) is 4.96. The molecule has 1 fully saturated rings. The maximum absolute atomic E-state index is 12.2. The minimum Gasteiger partial charge on any atom is -0.337 e. The Labute approximate surface area is 128 Å². The molecule has 2 rings (SSSR count). The number of piperidine rings is 1. The molecular weight excluding hydrogens is 332 g/mol. The van der Waals surface area contributed by atoms with Crippen molar-refractivity contribution < 1.29 is 4.79 Å². The van der Waals surface area contributed by atoms with Gasteiger partial charge in [0.25, 0.3) is 0 Å². The fourth-order valence-electron chi connectivity index (χ4n) is 2.46. The first kappa shape index (κ1) is 16.5. The lowest BCUT2D eigenvalue weighted by molar-refractivity contribution is -0.136.